The minimum absolute atomic E-state index is 0.00534. The summed E-state index contributed by atoms with van der Waals surface area (Å²) in [4.78, 5) is 27.7. The number of nitrogens with one attached hydrogen (secondary N) is 1. The van der Waals surface area contributed by atoms with Gasteiger partial charge in [0.15, 0.2) is 5.78 Å². The fourth-order valence-electron chi connectivity index (χ4n) is 9.49. The molecule has 1 N–H and O–H groups in total. The highest BCUT2D eigenvalue weighted by Crippen LogP contribution is 2.67. The SMILES string of the molecule is C=CC1C=C(C)C2C3C(Oc4ccc(cc4)CC4(C)C=C(C(=O)N4)C(=O)C13)C1C(C)CC(C)CC21C. The quantitative estimate of drug-likeness (QED) is 0.411. The number of carbonyl (C=O) groups is 2. The largest absolute Gasteiger partial charge is 0.490 e. The second-order valence-corrected chi connectivity index (χ2v) is 13.1. The van der Waals surface area contributed by atoms with Gasteiger partial charge in [0.2, 0.25) is 0 Å². The van der Waals surface area contributed by atoms with Crippen LogP contribution in [0, 0.1) is 46.8 Å². The second-order valence-electron chi connectivity index (χ2n) is 13.1. The van der Waals surface area contributed by atoms with Crippen molar-refractivity contribution in [1.29, 1.82) is 0 Å². The van der Waals surface area contributed by atoms with Crippen molar-refractivity contribution < 1.29 is 14.3 Å². The summed E-state index contributed by atoms with van der Waals surface area (Å²) in [5, 5.41) is 3.12. The van der Waals surface area contributed by atoms with E-state index in [0.717, 1.165) is 17.7 Å². The Morgan fingerprint density at radius 3 is 2.56 bits per heavy atom. The lowest BCUT2D eigenvalue weighted by Gasteiger charge is -2.48. The normalized spacial score (nSPS) is 45.1. The van der Waals surface area contributed by atoms with E-state index in [9.17, 15) is 9.59 Å². The van der Waals surface area contributed by atoms with Crippen molar-refractivity contribution in [2.45, 2.75) is 65.5 Å². The second kappa shape index (κ2) is 7.94. The van der Waals surface area contributed by atoms with Gasteiger partial charge >= 0.3 is 0 Å². The smallest absolute Gasteiger partial charge is 0.255 e. The molecule has 10 unspecified atom stereocenters. The molecule has 4 heteroatoms. The van der Waals surface area contributed by atoms with E-state index in [2.05, 4.69) is 69.9 Å². The van der Waals surface area contributed by atoms with Crippen molar-refractivity contribution in [2.75, 3.05) is 0 Å². The molecule has 4 nitrogen and oxygen atoms in total. The lowest BCUT2D eigenvalue weighted by Crippen LogP contribution is -2.45. The van der Waals surface area contributed by atoms with Crippen LogP contribution >= 0.6 is 0 Å². The number of benzene rings is 1. The zero-order chi connectivity index (χ0) is 25.6. The molecule has 2 saturated carbocycles. The van der Waals surface area contributed by atoms with Crippen molar-refractivity contribution in [1.82, 2.24) is 5.32 Å². The van der Waals surface area contributed by atoms with Gasteiger partial charge in [0.1, 0.15) is 11.9 Å². The minimum atomic E-state index is -0.582. The molecule has 1 amide bonds. The standard InChI is InChI=1S/C32H39NO3/c1-7-21-13-19(4)26-25-24(21)28(34)23-16-31(5,33-30(23)35)15-20-8-10-22(11-9-20)36-29(25)27-18(3)12-17(2)14-32(26,27)6/h7-11,13,16-18,21,24-27,29H,1,12,14-15H2,2-6H3,(H,33,35). The van der Waals surface area contributed by atoms with Gasteiger partial charge in [0, 0.05) is 23.7 Å². The van der Waals surface area contributed by atoms with Gasteiger partial charge in [-0.05, 0) is 80.1 Å². The van der Waals surface area contributed by atoms with Crippen LogP contribution in [-0.4, -0.2) is 23.3 Å². The van der Waals surface area contributed by atoms with E-state index in [1.165, 1.54) is 12.0 Å². The van der Waals surface area contributed by atoms with Crippen molar-refractivity contribution >= 4 is 11.7 Å². The van der Waals surface area contributed by atoms with Crippen molar-refractivity contribution in [3.63, 3.8) is 0 Å². The van der Waals surface area contributed by atoms with Gasteiger partial charge in [0.25, 0.3) is 5.91 Å². The number of hydrogen-bond donors (Lipinski definition) is 1. The third-order valence-corrected chi connectivity index (χ3v) is 10.3. The number of rotatable bonds is 1. The summed E-state index contributed by atoms with van der Waals surface area (Å²) in [5.41, 5.74) is 2.23. The van der Waals surface area contributed by atoms with Gasteiger partial charge in [-0.15, -0.1) is 6.58 Å². The van der Waals surface area contributed by atoms with Crippen LogP contribution in [0.1, 0.15) is 53.0 Å². The topological polar surface area (TPSA) is 55.4 Å². The van der Waals surface area contributed by atoms with Crippen LogP contribution in [0.15, 0.2) is 60.2 Å². The Morgan fingerprint density at radius 2 is 1.86 bits per heavy atom. The molecule has 0 aromatic heterocycles. The van der Waals surface area contributed by atoms with E-state index in [1.54, 1.807) is 0 Å². The molecule has 3 aliphatic carbocycles. The summed E-state index contributed by atoms with van der Waals surface area (Å²) in [5.74, 6) is 1.81. The predicted molar refractivity (Wildman–Crippen MR) is 141 cm³/mol. The Balaban J connectivity index is 1.59. The Bertz CT molecular complexity index is 1190. The number of fused-ring (bicyclic) bond motifs is 4. The third kappa shape index (κ3) is 3.32. The van der Waals surface area contributed by atoms with Crippen molar-refractivity contribution in [3.8, 4) is 5.75 Å². The highest BCUT2D eigenvalue weighted by molar-refractivity contribution is 6.22. The molecule has 36 heavy (non-hydrogen) atoms. The van der Waals surface area contributed by atoms with Crippen LogP contribution in [0.4, 0.5) is 0 Å². The number of Topliss-reactive ketones (excluding diaryl/α,β-unsaturated/α-hetero) is 1. The summed E-state index contributed by atoms with van der Waals surface area (Å²) in [7, 11) is 0. The fraction of sp³-hybridized carbons (Fsp3) is 0.562. The molecule has 190 valence electrons. The highest BCUT2D eigenvalue weighted by atomic mass is 16.5. The number of amides is 1. The first kappa shape index (κ1) is 23.8. The predicted octanol–water partition coefficient (Wildman–Crippen LogP) is 5.69. The average molecular weight is 486 g/mol. The molecule has 0 spiro atoms. The molecule has 10 atom stereocenters. The molecule has 1 aromatic rings. The first-order valence-electron chi connectivity index (χ1n) is 13.7. The lowest BCUT2D eigenvalue weighted by molar-refractivity contribution is -0.127. The van der Waals surface area contributed by atoms with Crippen molar-refractivity contribution in [3.05, 3.63) is 65.8 Å². The van der Waals surface area contributed by atoms with E-state index >= 15 is 0 Å². The van der Waals surface area contributed by atoms with Crippen LogP contribution in [0.3, 0.4) is 0 Å². The Hall–Kier alpha value is -2.62. The molecule has 1 aromatic carbocycles. The van der Waals surface area contributed by atoms with E-state index in [4.69, 9.17) is 4.74 Å². The third-order valence-electron chi connectivity index (χ3n) is 10.3. The molecular weight excluding hydrogens is 446 g/mol. The van der Waals surface area contributed by atoms with Crippen LogP contribution in [-0.2, 0) is 16.0 Å². The van der Waals surface area contributed by atoms with Gasteiger partial charge in [-0.3, -0.25) is 9.59 Å². The molecular formula is C32H39NO3. The number of carbonyl (C=O) groups excluding carboxylic acids is 2. The maximum absolute atomic E-state index is 14.4. The molecule has 2 fully saturated rings. The Morgan fingerprint density at radius 1 is 1.14 bits per heavy atom. The minimum Gasteiger partial charge on any atom is -0.490 e. The molecule has 3 aliphatic heterocycles. The van der Waals surface area contributed by atoms with E-state index in [0.29, 0.717) is 29.7 Å². The number of ether oxygens (including phenoxy) is 1. The molecule has 0 radical (unpaired) electrons. The van der Waals surface area contributed by atoms with E-state index in [1.807, 2.05) is 19.1 Å². The van der Waals surface area contributed by atoms with Crippen LogP contribution in [0.2, 0.25) is 0 Å². The fourth-order valence-corrected chi connectivity index (χ4v) is 9.49. The average Bonchev–Trinajstić information content (AvgIpc) is 3.24. The van der Waals surface area contributed by atoms with Gasteiger partial charge < -0.3 is 10.1 Å². The first-order valence-corrected chi connectivity index (χ1v) is 13.7. The van der Waals surface area contributed by atoms with Gasteiger partial charge in [0.05, 0.1) is 11.1 Å². The maximum Gasteiger partial charge on any atom is 0.255 e. The maximum atomic E-state index is 14.4. The van der Waals surface area contributed by atoms with Crippen LogP contribution in [0.5, 0.6) is 5.75 Å². The van der Waals surface area contributed by atoms with E-state index in [-0.39, 0.29) is 46.9 Å². The number of allylic oxidation sites excluding steroid dienone is 3. The monoisotopic (exact) mass is 485 g/mol. The zero-order valence-corrected chi connectivity index (χ0v) is 22.2. The molecule has 3 heterocycles. The summed E-state index contributed by atoms with van der Waals surface area (Å²) in [6, 6.07) is 8.36. The number of ketones is 1. The van der Waals surface area contributed by atoms with Crippen molar-refractivity contribution in [2.24, 2.45) is 46.8 Å². The molecule has 6 aliphatic rings. The van der Waals surface area contributed by atoms with Crippen LogP contribution in [0.25, 0.3) is 0 Å². The molecule has 7 rings (SSSR count). The number of hydrogen-bond acceptors (Lipinski definition) is 3. The summed E-state index contributed by atoms with van der Waals surface area (Å²) in [6.07, 6.45) is 8.93. The zero-order valence-electron chi connectivity index (χ0n) is 22.2. The first-order chi connectivity index (χ1) is 17.0. The van der Waals surface area contributed by atoms with Crippen LogP contribution < -0.4 is 10.1 Å². The Kier molecular flexibility index (Phi) is 5.24. The highest BCUT2D eigenvalue weighted by Gasteiger charge is 2.66. The molecule has 4 bridgehead atoms. The van der Waals surface area contributed by atoms with E-state index < -0.39 is 5.54 Å². The van der Waals surface area contributed by atoms with Gasteiger partial charge in [-0.2, -0.15) is 0 Å². The lowest BCUT2D eigenvalue weighted by atomic mass is 9.55. The van der Waals surface area contributed by atoms with Gasteiger partial charge in [-0.25, -0.2) is 0 Å². The van der Waals surface area contributed by atoms with Gasteiger partial charge in [-0.1, -0.05) is 50.6 Å². The summed E-state index contributed by atoms with van der Waals surface area (Å²) in [6.45, 7) is 15.6. The Labute approximate surface area is 215 Å². The summed E-state index contributed by atoms with van der Waals surface area (Å²) >= 11 is 0. The summed E-state index contributed by atoms with van der Waals surface area (Å²) < 4.78 is 6.97. The molecule has 0 saturated heterocycles.